The third-order valence-electron chi connectivity index (χ3n) is 2.66. The van der Waals surface area contributed by atoms with Gasteiger partial charge < -0.3 is 15.5 Å². The molecule has 17 heavy (non-hydrogen) atoms. The topological polar surface area (TPSA) is 61.4 Å². The van der Waals surface area contributed by atoms with E-state index in [1.54, 1.807) is 16.7 Å². The van der Waals surface area contributed by atoms with Crippen molar-refractivity contribution in [2.45, 2.75) is 6.92 Å². The van der Waals surface area contributed by atoms with Crippen molar-refractivity contribution >= 4 is 23.6 Å². The molecule has 1 atom stereocenters. The molecule has 0 aromatic rings. The Bertz CT molecular complexity index is 267. The van der Waals surface area contributed by atoms with E-state index < -0.39 is 11.8 Å². The molecule has 2 amide bonds. The molecule has 1 saturated heterocycles. The third-order valence-corrected chi connectivity index (χ3v) is 3.56. The van der Waals surface area contributed by atoms with Crippen LogP contribution in [0.25, 0.3) is 0 Å². The quantitative estimate of drug-likeness (QED) is 0.670. The molecule has 98 valence electrons. The highest BCUT2D eigenvalue weighted by atomic mass is 32.2. The SMILES string of the molecule is CSCC(C)CNC(=O)C(=O)N1CCNCC1. The van der Waals surface area contributed by atoms with Crippen LogP contribution in [0, 0.1) is 5.92 Å². The van der Waals surface area contributed by atoms with Gasteiger partial charge in [0.1, 0.15) is 0 Å². The largest absolute Gasteiger partial charge is 0.348 e. The maximum absolute atomic E-state index is 11.7. The monoisotopic (exact) mass is 259 g/mol. The van der Waals surface area contributed by atoms with E-state index in [1.807, 2.05) is 6.26 Å². The van der Waals surface area contributed by atoms with E-state index in [0.717, 1.165) is 18.8 Å². The van der Waals surface area contributed by atoms with Gasteiger partial charge in [-0.05, 0) is 17.9 Å². The van der Waals surface area contributed by atoms with Crippen molar-refractivity contribution in [3.05, 3.63) is 0 Å². The Kier molecular flexibility index (Phi) is 6.36. The summed E-state index contributed by atoms with van der Waals surface area (Å²) in [4.78, 5) is 25.0. The predicted molar refractivity (Wildman–Crippen MR) is 70.0 cm³/mol. The van der Waals surface area contributed by atoms with Gasteiger partial charge in [0.2, 0.25) is 0 Å². The summed E-state index contributed by atoms with van der Waals surface area (Å²) in [6, 6.07) is 0. The number of rotatable bonds is 4. The smallest absolute Gasteiger partial charge is 0.311 e. The minimum Gasteiger partial charge on any atom is -0.348 e. The van der Waals surface area contributed by atoms with Crippen molar-refractivity contribution in [3.8, 4) is 0 Å². The summed E-state index contributed by atoms with van der Waals surface area (Å²) in [6.07, 6.45) is 2.03. The van der Waals surface area contributed by atoms with E-state index in [0.29, 0.717) is 25.6 Å². The van der Waals surface area contributed by atoms with Gasteiger partial charge in [-0.2, -0.15) is 11.8 Å². The van der Waals surface area contributed by atoms with Crippen LogP contribution in [0.5, 0.6) is 0 Å². The van der Waals surface area contributed by atoms with E-state index in [4.69, 9.17) is 0 Å². The van der Waals surface area contributed by atoms with Crippen LogP contribution in [0.4, 0.5) is 0 Å². The number of nitrogens with zero attached hydrogens (tertiary/aromatic N) is 1. The van der Waals surface area contributed by atoms with Gasteiger partial charge in [-0.1, -0.05) is 6.92 Å². The number of carbonyl (C=O) groups excluding carboxylic acids is 2. The highest BCUT2D eigenvalue weighted by Gasteiger charge is 2.22. The van der Waals surface area contributed by atoms with Crippen molar-refractivity contribution in [2.24, 2.45) is 5.92 Å². The van der Waals surface area contributed by atoms with Crippen LogP contribution in [0.2, 0.25) is 0 Å². The molecular weight excluding hydrogens is 238 g/mol. The Balaban J connectivity index is 2.28. The molecule has 6 heteroatoms. The molecule has 0 aliphatic carbocycles. The number of hydrogen-bond donors (Lipinski definition) is 2. The molecule has 0 saturated carbocycles. The number of hydrogen-bond acceptors (Lipinski definition) is 4. The lowest BCUT2D eigenvalue weighted by Gasteiger charge is -2.26. The molecule has 1 aliphatic heterocycles. The molecule has 0 aromatic carbocycles. The number of nitrogens with one attached hydrogen (secondary N) is 2. The molecule has 5 nitrogen and oxygen atoms in total. The van der Waals surface area contributed by atoms with Crippen molar-refractivity contribution in [1.29, 1.82) is 0 Å². The Labute approximate surface area is 107 Å². The highest BCUT2D eigenvalue weighted by Crippen LogP contribution is 2.02. The van der Waals surface area contributed by atoms with Crippen LogP contribution in [-0.2, 0) is 9.59 Å². The summed E-state index contributed by atoms with van der Waals surface area (Å²) < 4.78 is 0. The lowest BCUT2D eigenvalue weighted by atomic mass is 10.2. The minimum atomic E-state index is -0.472. The molecule has 1 unspecified atom stereocenters. The third kappa shape index (κ3) is 4.95. The fraction of sp³-hybridized carbons (Fsp3) is 0.818. The molecule has 1 aliphatic rings. The van der Waals surface area contributed by atoms with Crippen LogP contribution in [-0.4, -0.2) is 61.4 Å². The van der Waals surface area contributed by atoms with Crippen molar-refractivity contribution in [3.63, 3.8) is 0 Å². The maximum atomic E-state index is 11.7. The van der Waals surface area contributed by atoms with E-state index in [2.05, 4.69) is 17.6 Å². The first-order chi connectivity index (χ1) is 8.15. The lowest BCUT2D eigenvalue weighted by Crippen LogP contribution is -2.51. The zero-order chi connectivity index (χ0) is 12.7. The van der Waals surface area contributed by atoms with Gasteiger partial charge in [-0.15, -0.1) is 0 Å². The van der Waals surface area contributed by atoms with Gasteiger partial charge in [0.25, 0.3) is 0 Å². The van der Waals surface area contributed by atoms with Crippen molar-refractivity contribution < 1.29 is 9.59 Å². The zero-order valence-electron chi connectivity index (χ0n) is 10.5. The fourth-order valence-corrected chi connectivity index (χ4v) is 2.38. The van der Waals surface area contributed by atoms with Gasteiger partial charge in [0, 0.05) is 32.7 Å². The molecular formula is C11H21N3O2S. The Morgan fingerprint density at radius 3 is 2.65 bits per heavy atom. The summed E-state index contributed by atoms with van der Waals surface area (Å²) in [7, 11) is 0. The Morgan fingerprint density at radius 2 is 2.06 bits per heavy atom. The second-order valence-electron chi connectivity index (χ2n) is 4.31. The number of carbonyl (C=O) groups is 2. The summed E-state index contributed by atoms with van der Waals surface area (Å²) in [6.45, 7) is 5.40. The first-order valence-electron chi connectivity index (χ1n) is 5.92. The van der Waals surface area contributed by atoms with E-state index in [9.17, 15) is 9.59 Å². The maximum Gasteiger partial charge on any atom is 0.311 e. The molecule has 1 rings (SSSR count). The van der Waals surface area contributed by atoms with Gasteiger partial charge in [-0.3, -0.25) is 9.59 Å². The van der Waals surface area contributed by atoms with Crippen molar-refractivity contribution in [1.82, 2.24) is 15.5 Å². The normalized spacial score (nSPS) is 17.6. The van der Waals surface area contributed by atoms with Crippen LogP contribution >= 0.6 is 11.8 Å². The zero-order valence-corrected chi connectivity index (χ0v) is 11.3. The molecule has 1 fully saturated rings. The first-order valence-corrected chi connectivity index (χ1v) is 7.31. The standard InChI is InChI=1S/C11H21N3O2S/c1-9(8-17-2)7-13-10(15)11(16)14-5-3-12-4-6-14/h9,12H,3-8H2,1-2H3,(H,13,15). The Hall–Kier alpha value is -0.750. The second-order valence-corrected chi connectivity index (χ2v) is 5.22. The van der Waals surface area contributed by atoms with Gasteiger partial charge in [0.05, 0.1) is 0 Å². The predicted octanol–water partition coefficient (Wildman–Crippen LogP) is -0.466. The number of amides is 2. The molecule has 2 N–H and O–H groups in total. The van der Waals surface area contributed by atoms with Gasteiger partial charge in [-0.25, -0.2) is 0 Å². The molecule has 0 aromatic heterocycles. The van der Waals surface area contributed by atoms with Crippen LogP contribution < -0.4 is 10.6 Å². The minimum absolute atomic E-state index is 0.393. The van der Waals surface area contributed by atoms with Gasteiger partial charge >= 0.3 is 11.8 Å². The average Bonchev–Trinajstić information content (AvgIpc) is 2.36. The summed E-state index contributed by atoms with van der Waals surface area (Å²) in [5, 5.41) is 5.85. The molecule has 0 radical (unpaired) electrons. The van der Waals surface area contributed by atoms with E-state index in [-0.39, 0.29) is 0 Å². The molecule has 0 bridgehead atoms. The lowest BCUT2D eigenvalue weighted by molar-refractivity contribution is -0.146. The van der Waals surface area contributed by atoms with Gasteiger partial charge in [0.15, 0.2) is 0 Å². The van der Waals surface area contributed by atoms with Crippen LogP contribution in [0.15, 0.2) is 0 Å². The van der Waals surface area contributed by atoms with Crippen LogP contribution in [0.1, 0.15) is 6.92 Å². The van der Waals surface area contributed by atoms with E-state index in [1.165, 1.54) is 0 Å². The number of thioether (sulfide) groups is 1. The molecule has 1 heterocycles. The first kappa shape index (κ1) is 14.3. The fourth-order valence-electron chi connectivity index (χ4n) is 1.70. The van der Waals surface area contributed by atoms with Crippen LogP contribution in [0.3, 0.4) is 0 Å². The number of piperazine rings is 1. The summed E-state index contributed by atoms with van der Waals surface area (Å²) >= 11 is 1.74. The second kappa shape index (κ2) is 7.55. The highest BCUT2D eigenvalue weighted by molar-refractivity contribution is 7.98. The van der Waals surface area contributed by atoms with E-state index >= 15 is 0 Å². The molecule has 0 spiro atoms. The summed E-state index contributed by atoms with van der Waals surface area (Å²) in [5.74, 6) is 0.509. The van der Waals surface area contributed by atoms with Crippen molar-refractivity contribution in [2.75, 3.05) is 44.7 Å². The summed E-state index contributed by atoms with van der Waals surface area (Å²) in [5.41, 5.74) is 0. The average molecular weight is 259 g/mol. The Morgan fingerprint density at radius 1 is 1.41 bits per heavy atom.